The average molecular weight is 377 g/mol. The van der Waals surface area contributed by atoms with Gasteiger partial charge >= 0.3 is 0 Å². The molecule has 1 aromatic heterocycles. The number of aromatic nitrogens is 2. The van der Waals surface area contributed by atoms with Crippen molar-refractivity contribution in [2.45, 2.75) is 32.7 Å². The summed E-state index contributed by atoms with van der Waals surface area (Å²) < 4.78 is 12.5. The molecule has 0 saturated heterocycles. The number of anilines is 1. The van der Waals surface area contributed by atoms with E-state index < -0.39 is 0 Å². The predicted octanol–water partition coefficient (Wildman–Crippen LogP) is 3.79. The average Bonchev–Trinajstić information content (AvgIpc) is 3.36. The van der Waals surface area contributed by atoms with E-state index >= 15 is 0 Å². The molecule has 0 atom stereocenters. The molecule has 0 aliphatic carbocycles. The smallest absolute Gasteiger partial charge is 0.231 e. The lowest BCUT2D eigenvalue weighted by Gasteiger charge is -2.10. The van der Waals surface area contributed by atoms with Crippen LogP contribution in [0.15, 0.2) is 54.7 Å². The summed E-state index contributed by atoms with van der Waals surface area (Å²) in [6.07, 6.45) is 3.74. The Morgan fingerprint density at radius 3 is 2.61 bits per heavy atom. The molecule has 0 bridgehead atoms. The Labute approximate surface area is 164 Å². The normalized spacial score (nSPS) is 12.2. The third-order valence-corrected chi connectivity index (χ3v) is 4.83. The summed E-state index contributed by atoms with van der Waals surface area (Å²) >= 11 is 0. The molecule has 0 spiro atoms. The molecule has 1 amide bonds. The van der Waals surface area contributed by atoms with E-state index in [9.17, 15) is 4.79 Å². The summed E-state index contributed by atoms with van der Waals surface area (Å²) in [5.74, 6) is 2.16. The monoisotopic (exact) mass is 377 g/mol. The van der Waals surface area contributed by atoms with E-state index in [1.54, 1.807) is 10.9 Å². The van der Waals surface area contributed by atoms with Crippen molar-refractivity contribution in [1.29, 1.82) is 0 Å². The van der Waals surface area contributed by atoms with Gasteiger partial charge in [0.25, 0.3) is 0 Å². The van der Waals surface area contributed by atoms with Crippen molar-refractivity contribution < 1.29 is 14.3 Å². The molecule has 3 aromatic rings. The number of carbonyl (C=O) groups excluding carboxylic acids is 1. The lowest BCUT2D eigenvalue weighted by Crippen LogP contribution is -2.16. The highest BCUT2D eigenvalue weighted by molar-refractivity contribution is 5.90. The van der Waals surface area contributed by atoms with Crippen LogP contribution in [-0.2, 0) is 24.2 Å². The van der Waals surface area contributed by atoms with Crippen molar-refractivity contribution in [3.8, 4) is 11.5 Å². The molecule has 0 unspecified atom stereocenters. The fourth-order valence-electron chi connectivity index (χ4n) is 3.18. The van der Waals surface area contributed by atoms with E-state index in [1.807, 2.05) is 24.3 Å². The Kier molecular flexibility index (Phi) is 5.28. The third-order valence-electron chi connectivity index (χ3n) is 4.83. The second-order valence-corrected chi connectivity index (χ2v) is 6.78. The molecule has 144 valence electrons. The zero-order valence-corrected chi connectivity index (χ0v) is 15.9. The molecule has 2 aromatic carbocycles. The summed E-state index contributed by atoms with van der Waals surface area (Å²) in [4.78, 5) is 12.4. The van der Waals surface area contributed by atoms with Crippen LogP contribution in [0.3, 0.4) is 0 Å². The number of carbonyl (C=O) groups is 1. The van der Waals surface area contributed by atoms with Crippen LogP contribution in [0.2, 0.25) is 0 Å². The van der Waals surface area contributed by atoms with Crippen LogP contribution in [-0.4, -0.2) is 22.5 Å². The van der Waals surface area contributed by atoms with E-state index in [-0.39, 0.29) is 12.7 Å². The van der Waals surface area contributed by atoms with Crippen LogP contribution in [0, 0.1) is 0 Å². The highest BCUT2D eigenvalue weighted by Gasteiger charge is 2.14. The van der Waals surface area contributed by atoms with Gasteiger partial charge in [-0.15, -0.1) is 0 Å². The van der Waals surface area contributed by atoms with Crippen molar-refractivity contribution in [3.63, 3.8) is 0 Å². The number of hydrogen-bond acceptors (Lipinski definition) is 4. The summed E-state index contributed by atoms with van der Waals surface area (Å²) in [7, 11) is 0. The second kappa shape index (κ2) is 8.17. The van der Waals surface area contributed by atoms with Gasteiger partial charge in [0, 0.05) is 12.5 Å². The lowest BCUT2D eigenvalue weighted by atomic mass is 10.1. The first-order valence-electron chi connectivity index (χ1n) is 9.49. The highest BCUT2D eigenvalue weighted by atomic mass is 16.7. The molecule has 6 nitrogen and oxygen atoms in total. The highest BCUT2D eigenvalue weighted by Crippen LogP contribution is 2.32. The molecular weight excluding hydrogens is 354 g/mol. The number of rotatable bonds is 7. The van der Waals surface area contributed by atoms with Crippen LogP contribution in [0.5, 0.6) is 11.5 Å². The standard InChI is InChI=1S/C22H23N3O3/c1-2-16-3-5-18(6-4-16)14-25-21(11-12-23-25)24-22(26)10-8-17-7-9-19-20(13-17)28-15-27-19/h3-7,9,11-13H,2,8,10,14-15H2,1H3,(H,24,26). The van der Waals surface area contributed by atoms with E-state index in [2.05, 4.69) is 41.6 Å². The molecule has 1 aliphatic rings. The van der Waals surface area contributed by atoms with Crippen LogP contribution in [0.25, 0.3) is 0 Å². The molecule has 1 aliphatic heterocycles. The molecule has 1 N–H and O–H groups in total. The fourth-order valence-corrected chi connectivity index (χ4v) is 3.18. The van der Waals surface area contributed by atoms with Gasteiger partial charge in [-0.3, -0.25) is 4.79 Å². The fraction of sp³-hybridized carbons (Fsp3) is 0.273. The minimum absolute atomic E-state index is 0.0410. The molecule has 0 radical (unpaired) electrons. The first kappa shape index (κ1) is 18.1. The number of ether oxygens (including phenoxy) is 2. The van der Waals surface area contributed by atoms with Crippen molar-refractivity contribution in [1.82, 2.24) is 9.78 Å². The van der Waals surface area contributed by atoms with Gasteiger partial charge in [0.05, 0.1) is 12.7 Å². The largest absolute Gasteiger partial charge is 0.454 e. The summed E-state index contributed by atoms with van der Waals surface area (Å²) in [5.41, 5.74) is 3.50. The second-order valence-electron chi connectivity index (χ2n) is 6.78. The third kappa shape index (κ3) is 4.17. The quantitative estimate of drug-likeness (QED) is 0.680. The van der Waals surface area contributed by atoms with Crippen molar-refractivity contribution in [2.24, 2.45) is 0 Å². The van der Waals surface area contributed by atoms with Crippen molar-refractivity contribution in [2.75, 3.05) is 12.1 Å². The molecular formula is C22H23N3O3. The topological polar surface area (TPSA) is 65.4 Å². The Balaban J connectivity index is 1.34. The number of nitrogens with zero attached hydrogens (tertiary/aromatic N) is 2. The van der Waals surface area contributed by atoms with Crippen LogP contribution >= 0.6 is 0 Å². The predicted molar refractivity (Wildman–Crippen MR) is 107 cm³/mol. The first-order chi connectivity index (χ1) is 13.7. The molecule has 4 rings (SSSR count). The van der Waals surface area contributed by atoms with Gasteiger partial charge in [-0.05, 0) is 41.7 Å². The van der Waals surface area contributed by atoms with Gasteiger partial charge in [0.2, 0.25) is 12.7 Å². The molecule has 2 heterocycles. The summed E-state index contributed by atoms with van der Waals surface area (Å²) in [6, 6.07) is 16.1. The van der Waals surface area contributed by atoms with Gasteiger partial charge in [-0.2, -0.15) is 5.10 Å². The van der Waals surface area contributed by atoms with Crippen LogP contribution < -0.4 is 14.8 Å². The lowest BCUT2D eigenvalue weighted by molar-refractivity contribution is -0.116. The Bertz CT molecular complexity index is 963. The van der Waals surface area contributed by atoms with Gasteiger partial charge in [0.15, 0.2) is 11.5 Å². The van der Waals surface area contributed by atoms with E-state index in [0.717, 1.165) is 29.0 Å². The zero-order valence-electron chi connectivity index (χ0n) is 15.9. The van der Waals surface area contributed by atoms with Crippen LogP contribution in [0.1, 0.15) is 30.0 Å². The summed E-state index contributed by atoms with van der Waals surface area (Å²) in [6.45, 7) is 3.01. The van der Waals surface area contributed by atoms with Crippen molar-refractivity contribution in [3.05, 3.63) is 71.4 Å². The van der Waals surface area contributed by atoms with Gasteiger partial charge < -0.3 is 14.8 Å². The number of nitrogens with one attached hydrogen (secondary N) is 1. The SMILES string of the molecule is CCc1ccc(Cn2nccc2NC(=O)CCc2ccc3c(c2)OCO3)cc1. The Morgan fingerprint density at radius 1 is 1.04 bits per heavy atom. The Morgan fingerprint density at radius 2 is 1.79 bits per heavy atom. The van der Waals surface area contributed by atoms with E-state index in [0.29, 0.717) is 25.2 Å². The number of benzene rings is 2. The van der Waals surface area contributed by atoms with Gasteiger partial charge in [-0.25, -0.2) is 4.68 Å². The molecule has 0 saturated carbocycles. The minimum Gasteiger partial charge on any atom is -0.454 e. The number of hydrogen-bond donors (Lipinski definition) is 1. The van der Waals surface area contributed by atoms with Gasteiger partial charge in [-0.1, -0.05) is 37.3 Å². The molecule has 0 fully saturated rings. The van der Waals surface area contributed by atoms with E-state index in [1.165, 1.54) is 5.56 Å². The maximum absolute atomic E-state index is 12.4. The first-order valence-corrected chi connectivity index (χ1v) is 9.49. The summed E-state index contributed by atoms with van der Waals surface area (Å²) in [5, 5.41) is 7.30. The maximum atomic E-state index is 12.4. The van der Waals surface area contributed by atoms with Crippen LogP contribution in [0.4, 0.5) is 5.82 Å². The maximum Gasteiger partial charge on any atom is 0.231 e. The number of aryl methyl sites for hydroxylation is 2. The molecule has 6 heteroatoms. The van der Waals surface area contributed by atoms with Crippen molar-refractivity contribution >= 4 is 11.7 Å². The molecule has 28 heavy (non-hydrogen) atoms. The minimum atomic E-state index is -0.0410. The Hall–Kier alpha value is -3.28. The van der Waals surface area contributed by atoms with E-state index in [4.69, 9.17) is 9.47 Å². The number of amides is 1. The number of fused-ring (bicyclic) bond motifs is 1. The zero-order chi connectivity index (χ0) is 19.3. The van der Waals surface area contributed by atoms with Gasteiger partial charge in [0.1, 0.15) is 5.82 Å².